The molecule has 0 aliphatic carbocycles. The van der Waals surface area contributed by atoms with E-state index >= 15 is 0 Å². The van der Waals surface area contributed by atoms with Crippen molar-refractivity contribution in [2.75, 3.05) is 0 Å². The first kappa shape index (κ1) is 10.0. The first-order valence-electron chi connectivity index (χ1n) is 4.68. The number of hydrogen-bond donors (Lipinski definition) is 0. The van der Waals surface area contributed by atoms with E-state index in [2.05, 4.69) is 40.8 Å². The molecule has 0 saturated heterocycles. The lowest BCUT2D eigenvalue weighted by atomic mass is 10.0. The number of aromatic nitrogens is 3. The molecule has 0 unspecified atom stereocenters. The highest BCUT2D eigenvalue weighted by Crippen LogP contribution is 2.23. The third-order valence-electron chi connectivity index (χ3n) is 2.03. The Morgan fingerprint density at radius 2 is 1.93 bits per heavy atom. The molecule has 1 aromatic carbocycles. The van der Waals surface area contributed by atoms with Crippen molar-refractivity contribution >= 4 is 11.5 Å². The Labute approximate surface area is 92.1 Å². The number of rotatable bonds is 3. The Hall–Kier alpha value is -1.49. The zero-order valence-electron chi connectivity index (χ0n) is 8.54. The summed E-state index contributed by atoms with van der Waals surface area (Å²) in [6.07, 6.45) is 0. The molecule has 2 rings (SSSR count). The van der Waals surface area contributed by atoms with Gasteiger partial charge in [0.2, 0.25) is 0 Å². The topological polar surface area (TPSA) is 47.9 Å². The highest BCUT2D eigenvalue weighted by molar-refractivity contribution is 7.07. The normalized spacial score (nSPS) is 10.6. The summed E-state index contributed by atoms with van der Waals surface area (Å²) < 4.78 is 9.06. The van der Waals surface area contributed by atoms with Gasteiger partial charge in [0.15, 0.2) is 0 Å². The van der Waals surface area contributed by atoms with Gasteiger partial charge in [-0.3, -0.25) is 0 Å². The molecule has 0 fully saturated rings. The van der Waals surface area contributed by atoms with Crippen LogP contribution in [0.25, 0.3) is 0 Å². The van der Waals surface area contributed by atoms with E-state index in [0.717, 1.165) is 17.3 Å². The second-order valence-corrected chi connectivity index (χ2v) is 4.15. The predicted octanol–water partition coefficient (Wildman–Crippen LogP) is 2.85. The summed E-state index contributed by atoms with van der Waals surface area (Å²) in [5.74, 6) is 1.29. The molecule has 4 nitrogen and oxygen atoms in total. The van der Waals surface area contributed by atoms with Crippen LogP contribution in [-0.4, -0.2) is 14.8 Å². The maximum Gasteiger partial charge on any atom is 0.319 e. The van der Waals surface area contributed by atoms with Crippen molar-refractivity contribution in [3.63, 3.8) is 0 Å². The smallest absolute Gasteiger partial charge is 0.319 e. The van der Waals surface area contributed by atoms with Gasteiger partial charge in [-0.2, -0.15) is 0 Å². The zero-order chi connectivity index (χ0) is 10.7. The summed E-state index contributed by atoms with van der Waals surface area (Å²) in [6.45, 7) is 4.31. The van der Waals surface area contributed by atoms with Crippen LogP contribution in [0, 0.1) is 0 Å². The van der Waals surface area contributed by atoms with E-state index in [1.807, 2.05) is 12.1 Å². The van der Waals surface area contributed by atoms with E-state index in [1.165, 1.54) is 5.56 Å². The van der Waals surface area contributed by atoms with Gasteiger partial charge in [-0.15, -0.1) is 0 Å². The molecule has 0 aliphatic rings. The SMILES string of the molecule is CC(C)c1ccc(Oc2nnns2)cc1. The molecule has 1 aromatic heterocycles. The summed E-state index contributed by atoms with van der Waals surface area (Å²) in [7, 11) is 0. The van der Waals surface area contributed by atoms with E-state index in [4.69, 9.17) is 4.74 Å². The molecule has 0 saturated carbocycles. The van der Waals surface area contributed by atoms with Crippen molar-refractivity contribution in [2.24, 2.45) is 0 Å². The van der Waals surface area contributed by atoms with Crippen molar-refractivity contribution in [1.82, 2.24) is 14.8 Å². The minimum atomic E-state index is 0.465. The van der Waals surface area contributed by atoms with E-state index in [9.17, 15) is 0 Å². The number of benzene rings is 1. The summed E-state index contributed by atoms with van der Waals surface area (Å²) in [5, 5.41) is 7.63. The molecule has 5 heteroatoms. The molecular weight excluding hydrogens is 210 g/mol. The number of hydrogen-bond acceptors (Lipinski definition) is 5. The molecule has 1 heterocycles. The Bertz CT molecular complexity index is 411. The summed E-state index contributed by atoms with van der Waals surface area (Å²) >= 11 is 1.13. The van der Waals surface area contributed by atoms with Crippen LogP contribution in [0.1, 0.15) is 25.3 Å². The van der Waals surface area contributed by atoms with Gasteiger partial charge >= 0.3 is 5.19 Å². The van der Waals surface area contributed by atoms with Crippen LogP contribution in [0.3, 0.4) is 0 Å². The van der Waals surface area contributed by atoms with Crippen LogP contribution < -0.4 is 4.74 Å². The van der Waals surface area contributed by atoms with Crippen molar-refractivity contribution in [3.05, 3.63) is 29.8 Å². The minimum Gasteiger partial charge on any atom is -0.429 e. The van der Waals surface area contributed by atoms with Crippen LogP contribution in [0.4, 0.5) is 0 Å². The molecule has 15 heavy (non-hydrogen) atoms. The van der Waals surface area contributed by atoms with Gasteiger partial charge < -0.3 is 4.74 Å². The van der Waals surface area contributed by atoms with Gasteiger partial charge in [0.25, 0.3) is 0 Å². The number of ether oxygens (including phenoxy) is 1. The Morgan fingerprint density at radius 1 is 1.20 bits per heavy atom. The molecule has 0 atom stereocenters. The van der Waals surface area contributed by atoms with Crippen molar-refractivity contribution in [2.45, 2.75) is 19.8 Å². The Morgan fingerprint density at radius 3 is 2.47 bits per heavy atom. The molecule has 0 N–H and O–H groups in total. The third-order valence-corrected chi connectivity index (χ3v) is 2.51. The second-order valence-electron chi connectivity index (χ2n) is 3.45. The van der Waals surface area contributed by atoms with E-state index in [0.29, 0.717) is 11.1 Å². The molecule has 2 aromatic rings. The first-order valence-corrected chi connectivity index (χ1v) is 5.46. The van der Waals surface area contributed by atoms with Gasteiger partial charge in [-0.1, -0.05) is 35.6 Å². The van der Waals surface area contributed by atoms with Crippen molar-refractivity contribution < 1.29 is 4.74 Å². The second kappa shape index (κ2) is 4.35. The van der Waals surface area contributed by atoms with E-state index < -0.39 is 0 Å². The summed E-state index contributed by atoms with van der Waals surface area (Å²) in [5.41, 5.74) is 1.29. The van der Waals surface area contributed by atoms with Gasteiger partial charge in [0.05, 0.1) is 0 Å². The lowest BCUT2D eigenvalue weighted by molar-refractivity contribution is 0.472. The van der Waals surface area contributed by atoms with Gasteiger partial charge in [0.1, 0.15) is 5.75 Å². The maximum absolute atomic E-state index is 5.44. The molecule has 0 radical (unpaired) electrons. The lowest BCUT2D eigenvalue weighted by Gasteiger charge is -2.05. The van der Waals surface area contributed by atoms with E-state index in [-0.39, 0.29) is 0 Å². The first-order chi connectivity index (χ1) is 7.25. The fraction of sp³-hybridized carbons (Fsp3) is 0.300. The van der Waals surface area contributed by atoms with Crippen LogP contribution >= 0.6 is 11.5 Å². The van der Waals surface area contributed by atoms with Crippen LogP contribution in [0.2, 0.25) is 0 Å². The monoisotopic (exact) mass is 221 g/mol. The quantitative estimate of drug-likeness (QED) is 0.799. The highest BCUT2D eigenvalue weighted by atomic mass is 32.1. The third kappa shape index (κ3) is 2.50. The molecule has 0 bridgehead atoms. The summed E-state index contributed by atoms with van der Waals surface area (Å²) in [4.78, 5) is 0. The summed E-state index contributed by atoms with van der Waals surface area (Å²) in [6, 6.07) is 7.95. The van der Waals surface area contributed by atoms with Crippen molar-refractivity contribution in [1.29, 1.82) is 0 Å². The molecule has 0 amide bonds. The molecule has 0 aliphatic heterocycles. The fourth-order valence-electron chi connectivity index (χ4n) is 1.19. The fourth-order valence-corrected chi connectivity index (χ4v) is 1.54. The Kier molecular flexibility index (Phi) is 2.91. The van der Waals surface area contributed by atoms with Crippen LogP contribution in [0.5, 0.6) is 10.9 Å². The lowest BCUT2D eigenvalue weighted by Crippen LogP contribution is -1.88. The predicted molar refractivity (Wildman–Crippen MR) is 58.3 cm³/mol. The average Bonchev–Trinajstić information content (AvgIpc) is 2.71. The van der Waals surface area contributed by atoms with Gasteiger partial charge in [-0.05, 0) is 28.8 Å². The zero-order valence-corrected chi connectivity index (χ0v) is 9.36. The van der Waals surface area contributed by atoms with Gasteiger partial charge in [0, 0.05) is 11.5 Å². The Balaban J connectivity index is 2.11. The average molecular weight is 221 g/mol. The van der Waals surface area contributed by atoms with E-state index in [1.54, 1.807) is 0 Å². The largest absolute Gasteiger partial charge is 0.429 e. The number of nitrogens with zero attached hydrogens (tertiary/aromatic N) is 3. The van der Waals surface area contributed by atoms with Gasteiger partial charge in [-0.25, -0.2) is 0 Å². The van der Waals surface area contributed by atoms with Crippen LogP contribution in [-0.2, 0) is 0 Å². The molecule has 0 spiro atoms. The maximum atomic E-state index is 5.44. The molecular formula is C10H11N3OS. The minimum absolute atomic E-state index is 0.465. The van der Waals surface area contributed by atoms with Crippen molar-refractivity contribution in [3.8, 4) is 10.9 Å². The standard InChI is InChI=1S/C10H11N3OS/c1-7(2)8-3-5-9(6-4-8)14-10-11-12-13-15-10/h3-7H,1-2H3. The van der Waals surface area contributed by atoms with Crippen LogP contribution in [0.15, 0.2) is 24.3 Å². The molecule has 78 valence electrons. The highest BCUT2D eigenvalue weighted by Gasteiger charge is 2.02.